The first-order chi connectivity index (χ1) is 10.5. The van der Waals surface area contributed by atoms with E-state index in [1.807, 2.05) is 42.5 Å². The van der Waals surface area contributed by atoms with Gasteiger partial charge in [-0.25, -0.2) is 0 Å². The molecule has 2 N–H and O–H groups in total. The average molecular weight is 301 g/mol. The number of carbonyl (C=O) groups is 2. The molecule has 0 aliphatic heterocycles. The lowest BCUT2D eigenvalue weighted by molar-refractivity contribution is -0.138. The van der Waals surface area contributed by atoms with E-state index in [2.05, 4.69) is 5.32 Å². The van der Waals surface area contributed by atoms with Gasteiger partial charge < -0.3 is 15.2 Å². The highest BCUT2D eigenvalue weighted by Gasteiger charge is 2.21. The maximum absolute atomic E-state index is 12.0. The second-order valence-electron chi connectivity index (χ2n) is 5.14. The van der Waals surface area contributed by atoms with Crippen molar-refractivity contribution in [1.82, 2.24) is 5.32 Å². The monoisotopic (exact) mass is 301 g/mol. The smallest absolute Gasteiger partial charge is 0.305 e. The number of benzene rings is 2. The number of carboxylic acid groups (broad SMARTS) is 1. The SMILES string of the molecule is COC(C)C(=O)N[C@@H](CC(=O)O)c1ccc2ccccc2c1. The molecule has 0 saturated heterocycles. The predicted octanol–water partition coefficient (Wildman–Crippen LogP) is 2.51. The molecular formula is C17H19NO4. The molecule has 0 aliphatic carbocycles. The van der Waals surface area contributed by atoms with Crippen LogP contribution in [0.25, 0.3) is 10.8 Å². The molecule has 5 heteroatoms. The Kier molecular flexibility index (Phi) is 5.12. The van der Waals surface area contributed by atoms with Crippen molar-refractivity contribution in [3.63, 3.8) is 0 Å². The van der Waals surface area contributed by atoms with E-state index in [1.54, 1.807) is 6.92 Å². The van der Waals surface area contributed by atoms with Crippen LogP contribution in [0.4, 0.5) is 0 Å². The van der Waals surface area contributed by atoms with Gasteiger partial charge in [-0.2, -0.15) is 0 Å². The Labute approximate surface area is 128 Å². The molecule has 0 aliphatic rings. The Bertz CT molecular complexity index is 683. The van der Waals surface area contributed by atoms with E-state index in [0.717, 1.165) is 16.3 Å². The molecule has 0 fully saturated rings. The number of amides is 1. The minimum Gasteiger partial charge on any atom is -0.481 e. The molecule has 1 amide bonds. The highest BCUT2D eigenvalue weighted by Crippen LogP contribution is 2.23. The standard InChI is InChI=1S/C17H19NO4/c1-11(22-2)17(21)18-15(10-16(19)20)14-8-7-12-5-3-4-6-13(12)9-14/h3-9,11,15H,10H2,1-2H3,(H,18,21)(H,19,20)/t11?,15-/m0/s1. The van der Waals surface area contributed by atoms with Gasteiger partial charge in [-0.1, -0.05) is 36.4 Å². The third kappa shape index (κ3) is 3.83. The van der Waals surface area contributed by atoms with Crippen LogP contribution < -0.4 is 5.32 Å². The zero-order valence-electron chi connectivity index (χ0n) is 12.6. The molecule has 0 bridgehead atoms. The summed E-state index contributed by atoms with van der Waals surface area (Å²) in [6.07, 6.45) is -0.808. The number of rotatable bonds is 6. The predicted molar refractivity (Wildman–Crippen MR) is 83.6 cm³/mol. The van der Waals surface area contributed by atoms with Crippen molar-refractivity contribution in [3.8, 4) is 0 Å². The highest BCUT2D eigenvalue weighted by atomic mass is 16.5. The maximum atomic E-state index is 12.0. The third-order valence-electron chi connectivity index (χ3n) is 3.59. The largest absolute Gasteiger partial charge is 0.481 e. The summed E-state index contributed by atoms with van der Waals surface area (Å²) in [7, 11) is 1.44. The molecule has 0 spiro atoms. The average Bonchev–Trinajstić information content (AvgIpc) is 2.52. The number of fused-ring (bicyclic) bond motifs is 1. The summed E-state index contributed by atoms with van der Waals surface area (Å²) in [5, 5.41) is 13.9. The topological polar surface area (TPSA) is 75.6 Å². The Morgan fingerprint density at radius 1 is 1.18 bits per heavy atom. The van der Waals surface area contributed by atoms with Gasteiger partial charge in [0.05, 0.1) is 12.5 Å². The molecule has 116 valence electrons. The summed E-state index contributed by atoms with van der Waals surface area (Å²) in [6.45, 7) is 1.62. The first-order valence-electron chi connectivity index (χ1n) is 7.05. The van der Waals surface area contributed by atoms with Gasteiger partial charge in [-0.3, -0.25) is 9.59 Å². The summed E-state index contributed by atoms with van der Waals surface area (Å²) in [5.41, 5.74) is 0.762. The number of carboxylic acids is 1. The summed E-state index contributed by atoms with van der Waals surface area (Å²) >= 11 is 0. The van der Waals surface area contributed by atoms with Gasteiger partial charge >= 0.3 is 5.97 Å². The molecule has 5 nitrogen and oxygen atoms in total. The van der Waals surface area contributed by atoms with Crippen molar-refractivity contribution in [2.75, 3.05) is 7.11 Å². The van der Waals surface area contributed by atoms with E-state index >= 15 is 0 Å². The molecule has 0 heterocycles. The number of carbonyl (C=O) groups excluding carboxylic acids is 1. The lowest BCUT2D eigenvalue weighted by Crippen LogP contribution is -2.37. The van der Waals surface area contributed by atoms with Gasteiger partial charge in [-0.15, -0.1) is 0 Å². The van der Waals surface area contributed by atoms with Gasteiger partial charge in [0.2, 0.25) is 5.91 Å². The van der Waals surface area contributed by atoms with Crippen LogP contribution in [-0.4, -0.2) is 30.2 Å². The minimum absolute atomic E-state index is 0.180. The fraction of sp³-hybridized carbons (Fsp3) is 0.294. The number of ether oxygens (including phenoxy) is 1. The van der Waals surface area contributed by atoms with E-state index < -0.39 is 18.1 Å². The third-order valence-corrected chi connectivity index (χ3v) is 3.59. The van der Waals surface area contributed by atoms with Crippen LogP contribution in [-0.2, 0) is 14.3 Å². The van der Waals surface area contributed by atoms with Crippen LogP contribution in [0.2, 0.25) is 0 Å². The Morgan fingerprint density at radius 3 is 2.50 bits per heavy atom. The lowest BCUT2D eigenvalue weighted by atomic mass is 9.99. The van der Waals surface area contributed by atoms with Crippen molar-refractivity contribution in [2.45, 2.75) is 25.5 Å². The van der Waals surface area contributed by atoms with Crippen molar-refractivity contribution in [2.24, 2.45) is 0 Å². The number of hydrogen-bond acceptors (Lipinski definition) is 3. The minimum atomic E-state index is -0.969. The normalized spacial score (nSPS) is 13.5. The van der Waals surface area contributed by atoms with Crippen molar-refractivity contribution >= 4 is 22.6 Å². The fourth-order valence-corrected chi connectivity index (χ4v) is 2.25. The Balaban J connectivity index is 2.30. The Morgan fingerprint density at radius 2 is 1.86 bits per heavy atom. The van der Waals surface area contributed by atoms with Crippen molar-refractivity contribution in [3.05, 3.63) is 48.0 Å². The zero-order valence-corrected chi connectivity index (χ0v) is 12.6. The highest BCUT2D eigenvalue weighted by molar-refractivity contribution is 5.84. The summed E-state index contributed by atoms with van der Waals surface area (Å²) in [4.78, 5) is 23.1. The van der Waals surface area contributed by atoms with Crippen LogP contribution in [0.5, 0.6) is 0 Å². The molecule has 0 saturated carbocycles. The molecule has 2 atom stereocenters. The van der Waals surface area contributed by atoms with Gasteiger partial charge in [-0.05, 0) is 29.3 Å². The molecule has 0 radical (unpaired) electrons. The van der Waals surface area contributed by atoms with Gasteiger partial charge in [0.15, 0.2) is 0 Å². The first-order valence-corrected chi connectivity index (χ1v) is 7.05. The quantitative estimate of drug-likeness (QED) is 0.859. The number of hydrogen-bond donors (Lipinski definition) is 2. The van der Waals surface area contributed by atoms with Gasteiger partial charge in [0.1, 0.15) is 6.10 Å². The van der Waals surface area contributed by atoms with E-state index in [-0.39, 0.29) is 12.3 Å². The molecule has 0 aromatic heterocycles. The van der Waals surface area contributed by atoms with E-state index in [0.29, 0.717) is 0 Å². The molecule has 2 aromatic carbocycles. The van der Waals surface area contributed by atoms with Gasteiger partial charge in [0.25, 0.3) is 0 Å². The lowest BCUT2D eigenvalue weighted by Gasteiger charge is -2.20. The van der Waals surface area contributed by atoms with Crippen LogP contribution in [0, 0.1) is 0 Å². The van der Waals surface area contributed by atoms with Crippen molar-refractivity contribution in [1.29, 1.82) is 0 Å². The second-order valence-corrected chi connectivity index (χ2v) is 5.14. The summed E-state index contributed by atoms with van der Waals surface area (Å²) < 4.78 is 4.96. The van der Waals surface area contributed by atoms with E-state index in [4.69, 9.17) is 9.84 Å². The summed E-state index contributed by atoms with van der Waals surface area (Å²) in [6, 6.07) is 12.9. The fourth-order valence-electron chi connectivity index (χ4n) is 2.25. The molecular weight excluding hydrogens is 282 g/mol. The molecule has 1 unspecified atom stereocenters. The first kappa shape index (κ1) is 16.0. The number of methoxy groups -OCH3 is 1. The molecule has 22 heavy (non-hydrogen) atoms. The van der Waals surface area contributed by atoms with Crippen LogP contribution in [0.3, 0.4) is 0 Å². The second kappa shape index (κ2) is 7.04. The number of nitrogens with one attached hydrogen (secondary N) is 1. The van der Waals surface area contributed by atoms with Gasteiger partial charge in [0, 0.05) is 7.11 Å². The molecule has 2 rings (SSSR count). The van der Waals surface area contributed by atoms with Crippen molar-refractivity contribution < 1.29 is 19.4 Å². The van der Waals surface area contributed by atoms with Crippen LogP contribution in [0.1, 0.15) is 24.9 Å². The van der Waals surface area contributed by atoms with Crippen LogP contribution in [0.15, 0.2) is 42.5 Å². The summed E-state index contributed by atoms with van der Waals surface area (Å²) in [5.74, 6) is -1.30. The Hall–Kier alpha value is -2.40. The molecule has 2 aromatic rings. The van der Waals surface area contributed by atoms with E-state index in [9.17, 15) is 9.59 Å². The van der Waals surface area contributed by atoms with E-state index in [1.165, 1.54) is 7.11 Å². The number of aliphatic carboxylic acids is 1. The van der Waals surface area contributed by atoms with Crippen LogP contribution >= 0.6 is 0 Å². The maximum Gasteiger partial charge on any atom is 0.305 e. The zero-order chi connectivity index (χ0) is 16.1.